The largest absolute Gasteiger partial charge is 0.324 e. The quantitative estimate of drug-likeness (QED) is 0.741. The van der Waals surface area contributed by atoms with E-state index in [1.165, 1.54) is 0 Å². The summed E-state index contributed by atoms with van der Waals surface area (Å²) in [6.07, 6.45) is 0. The third kappa shape index (κ3) is 4.44. The Labute approximate surface area is 155 Å². The molecular formula is C20H14N6O. The van der Waals surface area contributed by atoms with Crippen molar-refractivity contribution in [3.05, 3.63) is 77.1 Å². The van der Waals surface area contributed by atoms with Crippen LogP contribution in [0.4, 0.5) is 17.3 Å². The molecule has 0 saturated carbocycles. The number of carbonyl (C=O) groups is 1. The minimum Gasteiger partial charge on any atom is -0.324 e. The third-order valence-electron chi connectivity index (χ3n) is 3.61. The number of amides is 1. The minimum absolute atomic E-state index is 0.200. The molecular weight excluding hydrogens is 340 g/mol. The monoisotopic (exact) mass is 354 g/mol. The van der Waals surface area contributed by atoms with Crippen molar-refractivity contribution >= 4 is 23.2 Å². The summed E-state index contributed by atoms with van der Waals surface area (Å²) in [5, 5.41) is 23.5. The molecule has 27 heavy (non-hydrogen) atoms. The van der Waals surface area contributed by atoms with E-state index in [-0.39, 0.29) is 17.5 Å². The predicted octanol–water partition coefficient (Wildman–Crippen LogP) is 3.52. The summed E-state index contributed by atoms with van der Waals surface area (Å²) in [7, 11) is 0. The molecule has 1 heterocycles. The maximum absolute atomic E-state index is 12.5. The molecule has 2 N–H and O–H groups in total. The van der Waals surface area contributed by atoms with Gasteiger partial charge < -0.3 is 10.6 Å². The van der Waals surface area contributed by atoms with Crippen molar-refractivity contribution in [2.75, 3.05) is 10.6 Å². The van der Waals surface area contributed by atoms with Gasteiger partial charge in [-0.2, -0.15) is 10.5 Å². The van der Waals surface area contributed by atoms with Crippen molar-refractivity contribution in [3.63, 3.8) is 0 Å². The van der Waals surface area contributed by atoms with E-state index in [0.717, 1.165) is 0 Å². The normalized spacial score (nSPS) is 9.74. The average Bonchev–Trinajstić information content (AvgIpc) is 2.68. The zero-order valence-corrected chi connectivity index (χ0v) is 14.4. The van der Waals surface area contributed by atoms with Gasteiger partial charge in [0, 0.05) is 17.1 Å². The molecule has 3 aromatic rings. The molecule has 0 radical (unpaired) electrons. The fourth-order valence-corrected chi connectivity index (χ4v) is 2.36. The molecule has 0 fully saturated rings. The summed E-state index contributed by atoms with van der Waals surface area (Å²) in [6.45, 7) is 1.76. The first-order valence-corrected chi connectivity index (χ1v) is 8.02. The number of aryl methyl sites for hydroxylation is 1. The van der Waals surface area contributed by atoms with Crippen LogP contribution in [0.15, 0.2) is 54.6 Å². The van der Waals surface area contributed by atoms with E-state index in [0.29, 0.717) is 28.2 Å². The van der Waals surface area contributed by atoms with Crippen LogP contribution in [0.3, 0.4) is 0 Å². The number of benzene rings is 2. The second-order valence-corrected chi connectivity index (χ2v) is 5.68. The maximum Gasteiger partial charge on any atom is 0.274 e. The first-order valence-electron chi connectivity index (χ1n) is 8.02. The lowest BCUT2D eigenvalue weighted by Gasteiger charge is -2.09. The molecule has 0 bridgehead atoms. The number of hydrogen-bond donors (Lipinski definition) is 2. The first kappa shape index (κ1) is 17.6. The Morgan fingerprint density at radius 2 is 1.67 bits per heavy atom. The minimum atomic E-state index is -0.390. The number of carbonyl (C=O) groups excluding carboxylic acids is 1. The number of rotatable bonds is 4. The Bertz CT molecular complexity index is 1080. The second-order valence-electron chi connectivity index (χ2n) is 5.68. The van der Waals surface area contributed by atoms with Gasteiger partial charge in [0.1, 0.15) is 5.69 Å². The molecule has 0 aliphatic rings. The zero-order chi connectivity index (χ0) is 19.2. The van der Waals surface area contributed by atoms with Gasteiger partial charge in [0.2, 0.25) is 5.95 Å². The molecule has 7 nitrogen and oxygen atoms in total. The molecule has 7 heteroatoms. The standard InChI is InChI=1S/C20H14N6O/c1-13-9-18(19(27)24-16-7-5-14(11-21)6-8-16)26-20(23-13)25-17-4-2-3-15(10-17)12-22/h2-10H,1H3,(H,24,27)(H,23,25,26). The summed E-state index contributed by atoms with van der Waals surface area (Å²) in [5.74, 6) is -0.130. The first-order chi connectivity index (χ1) is 13.1. The van der Waals surface area contributed by atoms with E-state index >= 15 is 0 Å². The Kier molecular flexibility index (Phi) is 5.06. The van der Waals surface area contributed by atoms with Gasteiger partial charge in [-0.05, 0) is 55.5 Å². The summed E-state index contributed by atoms with van der Waals surface area (Å²) < 4.78 is 0. The molecule has 3 rings (SSSR count). The summed E-state index contributed by atoms with van der Waals surface area (Å²) in [4.78, 5) is 21.0. The van der Waals surface area contributed by atoms with E-state index in [1.54, 1.807) is 61.5 Å². The smallest absolute Gasteiger partial charge is 0.274 e. The summed E-state index contributed by atoms with van der Waals surface area (Å²) >= 11 is 0. The molecule has 0 aliphatic carbocycles. The summed E-state index contributed by atoms with van der Waals surface area (Å²) in [6, 6.07) is 19.1. The van der Waals surface area contributed by atoms with Crippen molar-refractivity contribution in [1.82, 2.24) is 9.97 Å². The van der Waals surface area contributed by atoms with E-state index in [1.807, 2.05) is 6.07 Å². The SMILES string of the molecule is Cc1cc(C(=O)Nc2ccc(C#N)cc2)nc(Nc2cccc(C#N)c2)n1. The number of nitriles is 2. The topological polar surface area (TPSA) is 114 Å². The molecule has 0 spiro atoms. The van der Waals surface area contributed by atoms with Gasteiger partial charge in [-0.15, -0.1) is 0 Å². The van der Waals surface area contributed by atoms with Gasteiger partial charge in [0.05, 0.1) is 23.3 Å². The van der Waals surface area contributed by atoms with Crippen molar-refractivity contribution in [2.45, 2.75) is 6.92 Å². The molecule has 130 valence electrons. The van der Waals surface area contributed by atoms with Gasteiger partial charge in [-0.3, -0.25) is 4.79 Å². The number of nitrogens with one attached hydrogen (secondary N) is 2. The van der Waals surface area contributed by atoms with E-state index in [2.05, 4.69) is 26.7 Å². The zero-order valence-electron chi connectivity index (χ0n) is 14.4. The lowest BCUT2D eigenvalue weighted by Crippen LogP contribution is -2.15. The maximum atomic E-state index is 12.5. The van der Waals surface area contributed by atoms with Gasteiger partial charge in [-0.25, -0.2) is 9.97 Å². The van der Waals surface area contributed by atoms with Crippen LogP contribution in [0.25, 0.3) is 0 Å². The van der Waals surface area contributed by atoms with Crippen molar-refractivity contribution < 1.29 is 4.79 Å². The van der Waals surface area contributed by atoms with Gasteiger partial charge in [0.25, 0.3) is 5.91 Å². The highest BCUT2D eigenvalue weighted by Gasteiger charge is 2.11. The van der Waals surface area contributed by atoms with Crippen molar-refractivity contribution in [2.24, 2.45) is 0 Å². The molecule has 0 unspecified atom stereocenters. The van der Waals surface area contributed by atoms with Crippen LogP contribution in [0.5, 0.6) is 0 Å². The highest BCUT2D eigenvalue weighted by molar-refractivity contribution is 6.03. The highest BCUT2D eigenvalue weighted by atomic mass is 16.1. The van der Waals surface area contributed by atoms with E-state index in [9.17, 15) is 4.79 Å². The van der Waals surface area contributed by atoms with Crippen LogP contribution in [0, 0.1) is 29.6 Å². The van der Waals surface area contributed by atoms with Crippen LogP contribution in [-0.2, 0) is 0 Å². The lowest BCUT2D eigenvalue weighted by atomic mass is 10.2. The predicted molar refractivity (Wildman–Crippen MR) is 100 cm³/mol. The average molecular weight is 354 g/mol. The van der Waals surface area contributed by atoms with E-state index < -0.39 is 0 Å². The second kappa shape index (κ2) is 7.77. The molecule has 0 aliphatic heterocycles. The highest BCUT2D eigenvalue weighted by Crippen LogP contribution is 2.16. The lowest BCUT2D eigenvalue weighted by molar-refractivity contribution is 0.102. The molecule has 1 amide bonds. The summed E-state index contributed by atoms with van der Waals surface area (Å²) in [5.41, 5.74) is 3.05. The number of aromatic nitrogens is 2. The Morgan fingerprint density at radius 3 is 2.37 bits per heavy atom. The van der Waals surface area contributed by atoms with Crippen molar-refractivity contribution in [1.29, 1.82) is 10.5 Å². The third-order valence-corrected chi connectivity index (χ3v) is 3.61. The van der Waals surface area contributed by atoms with Crippen LogP contribution in [0.1, 0.15) is 27.3 Å². The Balaban J connectivity index is 1.80. The van der Waals surface area contributed by atoms with Gasteiger partial charge >= 0.3 is 0 Å². The number of anilines is 3. The van der Waals surface area contributed by atoms with E-state index in [4.69, 9.17) is 10.5 Å². The van der Waals surface area contributed by atoms with Crippen molar-refractivity contribution in [3.8, 4) is 12.1 Å². The molecule has 1 aromatic heterocycles. The van der Waals surface area contributed by atoms with Crippen LogP contribution in [0.2, 0.25) is 0 Å². The molecule has 0 atom stereocenters. The Morgan fingerprint density at radius 1 is 0.926 bits per heavy atom. The molecule has 2 aromatic carbocycles. The fourth-order valence-electron chi connectivity index (χ4n) is 2.36. The van der Waals surface area contributed by atoms with Gasteiger partial charge in [0.15, 0.2) is 0 Å². The van der Waals surface area contributed by atoms with Crippen LogP contribution >= 0.6 is 0 Å². The van der Waals surface area contributed by atoms with Crippen LogP contribution < -0.4 is 10.6 Å². The van der Waals surface area contributed by atoms with Crippen LogP contribution in [-0.4, -0.2) is 15.9 Å². The van der Waals surface area contributed by atoms with Gasteiger partial charge in [-0.1, -0.05) is 6.07 Å². The Hall–Kier alpha value is -4.23. The molecule has 0 saturated heterocycles. The number of nitrogens with zero attached hydrogens (tertiary/aromatic N) is 4. The number of hydrogen-bond acceptors (Lipinski definition) is 6. The fraction of sp³-hybridized carbons (Fsp3) is 0.0500.